The van der Waals surface area contributed by atoms with Gasteiger partial charge in [-0.1, -0.05) is 48.0 Å². The predicted molar refractivity (Wildman–Crippen MR) is 84.8 cm³/mol. The summed E-state index contributed by atoms with van der Waals surface area (Å²) in [5.74, 6) is -1.08. The van der Waals surface area contributed by atoms with E-state index in [4.69, 9.17) is 9.47 Å². The lowest BCUT2D eigenvalue weighted by Crippen LogP contribution is -2.35. The Morgan fingerprint density at radius 1 is 0.783 bits per heavy atom. The monoisotopic (exact) mass is 310 g/mol. The molecule has 1 aliphatic rings. The SMILES string of the molecule is Cc1cc(C)c(C2OC(=O)C(c3ccccc3)OC2=O)c(C)c1. The maximum absolute atomic E-state index is 12.4. The minimum absolute atomic E-state index is 0.534. The first-order valence-corrected chi connectivity index (χ1v) is 7.51. The molecule has 0 spiro atoms. The summed E-state index contributed by atoms with van der Waals surface area (Å²) in [6.07, 6.45) is -1.99. The number of benzene rings is 2. The summed E-state index contributed by atoms with van der Waals surface area (Å²) in [4.78, 5) is 24.7. The van der Waals surface area contributed by atoms with Crippen molar-refractivity contribution in [1.82, 2.24) is 0 Å². The van der Waals surface area contributed by atoms with Gasteiger partial charge in [-0.3, -0.25) is 0 Å². The third-order valence-corrected chi connectivity index (χ3v) is 4.00. The summed E-state index contributed by atoms with van der Waals surface area (Å²) in [6.45, 7) is 5.79. The second-order valence-electron chi connectivity index (χ2n) is 5.86. The Kier molecular flexibility index (Phi) is 3.90. The zero-order valence-corrected chi connectivity index (χ0v) is 13.3. The van der Waals surface area contributed by atoms with Crippen LogP contribution in [0.1, 0.15) is 40.0 Å². The molecule has 23 heavy (non-hydrogen) atoms. The summed E-state index contributed by atoms with van der Waals surface area (Å²) in [7, 11) is 0. The molecule has 2 aromatic carbocycles. The first-order valence-electron chi connectivity index (χ1n) is 7.51. The summed E-state index contributed by atoms with van der Waals surface area (Å²) >= 11 is 0. The fourth-order valence-electron chi connectivity index (χ4n) is 3.07. The van der Waals surface area contributed by atoms with Gasteiger partial charge in [0, 0.05) is 11.1 Å². The number of hydrogen-bond donors (Lipinski definition) is 0. The van der Waals surface area contributed by atoms with Crippen molar-refractivity contribution < 1.29 is 19.1 Å². The fraction of sp³-hybridized carbons (Fsp3) is 0.263. The Balaban J connectivity index is 1.92. The van der Waals surface area contributed by atoms with Crippen LogP contribution in [0, 0.1) is 20.8 Å². The summed E-state index contributed by atoms with van der Waals surface area (Å²) in [5.41, 5.74) is 4.24. The van der Waals surface area contributed by atoms with Crippen molar-refractivity contribution >= 4 is 11.9 Å². The van der Waals surface area contributed by atoms with E-state index in [0.29, 0.717) is 11.1 Å². The van der Waals surface area contributed by atoms with Gasteiger partial charge in [0.05, 0.1) is 0 Å². The van der Waals surface area contributed by atoms with Crippen molar-refractivity contribution in [2.24, 2.45) is 0 Å². The molecular formula is C19H18O4. The topological polar surface area (TPSA) is 52.6 Å². The molecule has 0 N–H and O–H groups in total. The Labute approximate surface area is 135 Å². The van der Waals surface area contributed by atoms with Crippen LogP contribution in [0.4, 0.5) is 0 Å². The molecule has 0 saturated carbocycles. The predicted octanol–water partition coefficient (Wildman–Crippen LogP) is 3.49. The molecule has 1 saturated heterocycles. The Hall–Kier alpha value is -2.62. The molecule has 0 amide bonds. The Bertz CT molecular complexity index is 741. The summed E-state index contributed by atoms with van der Waals surface area (Å²) in [6, 6.07) is 12.8. The van der Waals surface area contributed by atoms with E-state index in [2.05, 4.69) is 0 Å². The van der Waals surface area contributed by atoms with Crippen LogP contribution >= 0.6 is 0 Å². The lowest BCUT2D eigenvalue weighted by atomic mass is 9.95. The van der Waals surface area contributed by atoms with Crippen LogP contribution in [-0.2, 0) is 19.1 Å². The third-order valence-electron chi connectivity index (χ3n) is 4.00. The van der Waals surface area contributed by atoms with Crippen LogP contribution in [0.3, 0.4) is 0 Å². The molecule has 1 aliphatic heterocycles. The van der Waals surface area contributed by atoms with Gasteiger partial charge in [0.15, 0.2) is 0 Å². The number of ether oxygens (including phenoxy) is 2. The quantitative estimate of drug-likeness (QED) is 0.797. The van der Waals surface area contributed by atoms with Crippen LogP contribution in [0.15, 0.2) is 42.5 Å². The number of carbonyl (C=O) groups is 2. The van der Waals surface area contributed by atoms with Gasteiger partial charge in [0.1, 0.15) is 0 Å². The number of carbonyl (C=O) groups excluding carboxylic acids is 2. The van der Waals surface area contributed by atoms with Gasteiger partial charge in [-0.25, -0.2) is 9.59 Å². The van der Waals surface area contributed by atoms with Crippen LogP contribution in [-0.4, -0.2) is 11.9 Å². The van der Waals surface area contributed by atoms with E-state index in [1.807, 2.05) is 39.0 Å². The standard InChI is InChI=1S/C19H18O4/c1-11-9-12(2)15(13(3)10-11)17-19(21)22-16(18(20)23-17)14-7-5-4-6-8-14/h4-10,16-17H,1-3H3. The van der Waals surface area contributed by atoms with Crippen LogP contribution in [0.25, 0.3) is 0 Å². The molecule has 1 heterocycles. The van der Waals surface area contributed by atoms with E-state index in [1.165, 1.54) is 0 Å². The molecule has 1 fully saturated rings. The molecule has 2 unspecified atom stereocenters. The van der Waals surface area contributed by atoms with Gasteiger partial charge in [-0.05, 0) is 31.9 Å². The molecule has 0 bridgehead atoms. The lowest BCUT2D eigenvalue weighted by molar-refractivity contribution is -0.196. The van der Waals surface area contributed by atoms with Crippen LogP contribution < -0.4 is 0 Å². The Morgan fingerprint density at radius 2 is 1.30 bits per heavy atom. The van der Waals surface area contributed by atoms with Crippen LogP contribution in [0.2, 0.25) is 0 Å². The summed E-state index contributed by atoms with van der Waals surface area (Å²) < 4.78 is 10.8. The zero-order valence-electron chi connectivity index (χ0n) is 13.3. The highest BCUT2D eigenvalue weighted by atomic mass is 16.6. The highest BCUT2D eigenvalue weighted by Gasteiger charge is 2.41. The Morgan fingerprint density at radius 3 is 1.91 bits per heavy atom. The van der Waals surface area contributed by atoms with Crippen LogP contribution in [0.5, 0.6) is 0 Å². The first-order chi connectivity index (χ1) is 11.0. The van der Waals surface area contributed by atoms with Crippen molar-refractivity contribution in [2.45, 2.75) is 33.0 Å². The molecule has 118 valence electrons. The smallest absolute Gasteiger partial charge is 0.353 e. The number of cyclic esters (lactones) is 2. The molecule has 4 heteroatoms. The van der Waals surface area contributed by atoms with Gasteiger partial charge in [-0.2, -0.15) is 0 Å². The fourth-order valence-corrected chi connectivity index (χ4v) is 3.07. The van der Waals surface area contributed by atoms with E-state index in [9.17, 15) is 9.59 Å². The van der Waals surface area contributed by atoms with E-state index in [1.54, 1.807) is 24.3 Å². The second-order valence-corrected chi connectivity index (χ2v) is 5.86. The first kappa shape index (κ1) is 15.3. The molecule has 0 aliphatic carbocycles. The van der Waals surface area contributed by atoms with Gasteiger partial charge in [-0.15, -0.1) is 0 Å². The normalized spacial score (nSPS) is 20.8. The maximum atomic E-state index is 12.4. The highest BCUT2D eigenvalue weighted by molar-refractivity contribution is 5.89. The number of aryl methyl sites for hydroxylation is 3. The van der Waals surface area contributed by atoms with E-state index in [0.717, 1.165) is 16.7 Å². The molecule has 0 radical (unpaired) electrons. The van der Waals surface area contributed by atoms with E-state index < -0.39 is 24.1 Å². The molecule has 2 aromatic rings. The van der Waals surface area contributed by atoms with Crippen molar-refractivity contribution in [2.75, 3.05) is 0 Å². The van der Waals surface area contributed by atoms with E-state index >= 15 is 0 Å². The zero-order chi connectivity index (χ0) is 16.6. The summed E-state index contributed by atoms with van der Waals surface area (Å²) in [5, 5.41) is 0. The minimum atomic E-state index is -0.997. The molecule has 0 aromatic heterocycles. The number of rotatable bonds is 2. The van der Waals surface area contributed by atoms with Crippen molar-refractivity contribution in [3.05, 3.63) is 70.3 Å². The minimum Gasteiger partial charge on any atom is -0.442 e. The lowest BCUT2D eigenvalue weighted by Gasteiger charge is -2.29. The third kappa shape index (κ3) is 2.84. The molecular weight excluding hydrogens is 292 g/mol. The number of hydrogen-bond acceptors (Lipinski definition) is 4. The number of esters is 2. The molecule has 2 atom stereocenters. The molecule has 4 nitrogen and oxygen atoms in total. The maximum Gasteiger partial charge on any atom is 0.353 e. The van der Waals surface area contributed by atoms with E-state index in [-0.39, 0.29) is 0 Å². The van der Waals surface area contributed by atoms with Crippen molar-refractivity contribution in [1.29, 1.82) is 0 Å². The van der Waals surface area contributed by atoms with Crippen molar-refractivity contribution in [3.63, 3.8) is 0 Å². The molecule has 3 rings (SSSR count). The average molecular weight is 310 g/mol. The largest absolute Gasteiger partial charge is 0.442 e. The van der Waals surface area contributed by atoms with Crippen molar-refractivity contribution in [3.8, 4) is 0 Å². The average Bonchev–Trinajstić information content (AvgIpc) is 2.50. The van der Waals surface area contributed by atoms with Gasteiger partial charge in [0.25, 0.3) is 0 Å². The van der Waals surface area contributed by atoms with Gasteiger partial charge in [0.2, 0.25) is 12.2 Å². The van der Waals surface area contributed by atoms with Gasteiger partial charge < -0.3 is 9.47 Å². The van der Waals surface area contributed by atoms with Gasteiger partial charge >= 0.3 is 11.9 Å². The second kappa shape index (κ2) is 5.88. The highest BCUT2D eigenvalue weighted by Crippen LogP contribution is 2.35.